The summed E-state index contributed by atoms with van der Waals surface area (Å²) < 4.78 is 7.24. The molecule has 2 rings (SSSR count). The Balaban J connectivity index is 2.03. The number of nitrogen functional groups attached to an aromatic ring is 1. The lowest BCUT2D eigenvalue weighted by Gasteiger charge is -2.22. The Bertz CT molecular complexity index is 382. The summed E-state index contributed by atoms with van der Waals surface area (Å²) in [5, 5.41) is 0. The van der Waals surface area contributed by atoms with E-state index >= 15 is 0 Å². The maximum Gasteiger partial charge on any atom is 0.295 e. The van der Waals surface area contributed by atoms with E-state index in [9.17, 15) is 4.79 Å². The van der Waals surface area contributed by atoms with E-state index in [1.54, 1.807) is 6.20 Å². The van der Waals surface area contributed by atoms with E-state index in [1.165, 1.54) is 6.33 Å². The Morgan fingerprint density at radius 3 is 3.20 bits per heavy atom. The van der Waals surface area contributed by atoms with Gasteiger partial charge in [0.05, 0.1) is 12.9 Å². The minimum atomic E-state index is -0.355. The molecule has 1 aliphatic rings. The molecule has 82 valence electrons. The molecule has 1 aromatic heterocycles. The standard InChI is InChI=1S/C10H15N3O2/c11-9-5-13(7-12-10(9)14)4-8-2-1-3-15-6-8/h5,7-8H,1-4,6,11H2. The van der Waals surface area contributed by atoms with Crippen LogP contribution in [0, 0.1) is 5.92 Å². The highest BCUT2D eigenvalue weighted by atomic mass is 16.5. The van der Waals surface area contributed by atoms with E-state index in [0.29, 0.717) is 5.92 Å². The molecule has 2 heterocycles. The highest BCUT2D eigenvalue weighted by molar-refractivity contribution is 5.30. The molecular formula is C10H15N3O2. The summed E-state index contributed by atoms with van der Waals surface area (Å²) >= 11 is 0. The molecule has 0 spiro atoms. The Morgan fingerprint density at radius 1 is 1.67 bits per heavy atom. The first-order valence-electron chi connectivity index (χ1n) is 5.15. The van der Waals surface area contributed by atoms with Crippen LogP contribution in [-0.2, 0) is 11.3 Å². The van der Waals surface area contributed by atoms with Gasteiger partial charge >= 0.3 is 0 Å². The van der Waals surface area contributed by atoms with Crippen LogP contribution in [0.25, 0.3) is 0 Å². The molecule has 5 heteroatoms. The average Bonchev–Trinajstić information content (AvgIpc) is 2.25. The number of ether oxygens (including phenoxy) is 1. The third kappa shape index (κ3) is 2.56. The number of hydrogen-bond donors (Lipinski definition) is 1. The van der Waals surface area contributed by atoms with Crippen molar-refractivity contribution in [3.8, 4) is 0 Å². The van der Waals surface area contributed by atoms with Gasteiger partial charge in [0.2, 0.25) is 0 Å². The van der Waals surface area contributed by atoms with Crippen molar-refractivity contribution in [3.63, 3.8) is 0 Å². The van der Waals surface area contributed by atoms with E-state index < -0.39 is 0 Å². The summed E-state index contributed by atoms with van der Waals surface area (Å²) in [6, 6.07) is 0. The lowest BCUT2D eigenvalue weighted by molar-refractivity contribution is 0.0482. The monoisotopic (exact) mass is 209 g/mol. The van der Waals surface area contributed by atoms with Crippen LogP contribution >= 0.6 is 0 Å². The zero-order chi connectivity index (χ0) is 10.7. The van der Waals surface area contributed by atoms with Crippen molar-refractivity contribution in [2.75, 3.05) is 18.9 Å². The van der Waals surface area contributed by atoms with Crippen LogP contribution in [0.3, 0.4) is 0 Å². The number of nitrogens with zero attached hydrogens (tertiary/aromatic N) is 2. The van der Waals surface area contributed by atoms with Crippen LogP contribution in [0.1, 0.15) is 12.8 Å². The van der Waals surface area contributed by atoms with Crippen LogP contribution in [0.15, 0.2) is 17.3 Å². The summed E-state index contributed by atoms with van der Waals surface area (Å²) in [6.45, 7) is 2.46. The van der Waals surface area contributed by atoms with Gasteiger partial charge in [-0.1, -0.05) is 0 Å². The molecule has 0 aromatic carbocycles. The van der Waals surface area contributed by atoms with Gasteiger partial charge in [0.25, 0.3) is 5.56 Å². The normalized spacial score (nSPS) is 21.5. The molecule has 1 atom stereocenters. The van der Waals surface area contributed by atoms with Gasteiger partial charge in [-0.3, -0.25) is 4.79 Å². The fourth-order valence-electron chi connectivity index (χ4n) is 1.82. The zero-order valence-corrected chi connectivity index (χ0v) is 8.56. The maximum absolute atomic E-state index is 11.0. The Labute approximate surface area is 87.9 Å². The number of anilines is 1. The average molecular weight is 209 g/mol. The molecule has 1 aromatic rings. The van der Waals surface area contributed by atoms with E-state index in [0.717, 1.165) is 32.6 Å². The van der Waals surface area contributed by atoms with Gasteiger partial charge < -0.3 is 15.0 Å². The van der Waals surface area contributed by atoms with E-state index in [1.807, 2.05) is 4.57 Å². The molecule has 0 aliphatic carbocycles. The fraction of sp³-hybridized carbons (Fsp3) is 0.600. The molecule has 2 N–H and O–H groups in total. The summed E-state index contributed by atoms with van der Waals surface area (Å²) in [6.07, 6.45) is 5.44. The van der Waals surface area contributed by atoms with Crippen molar-refractivity contribution < 1.29 is 4.74 Å². The molecular weight excluding hydrogens is 194 g/mol. The quantitative estimate of drug-likeness (QED) is 0.758. The minimum absolute atomic E-state index is 0.203. The highest BCUT2D eigenvalue weighted by Gasteiger charge is 2.14. The first-order valence-corrected chi connectivity index (χ1v) is 5.15. The van der Waals surface area contributed by atoms with Crippen LogP contribution in [0.4, 0.5) is 5.69 Å². The molecule has 0 saturated carbocycles. The molecule has 0 amide bonds. The smallest absolute Gasteiger partial charge is 0.295 e. The summed E-state index contributed by atoms with van der Waals surface area (Å²) in [5.41, 5.74) is 5.35. The molecule has 15 heavy (non-hydrogen) atoms. The zero-order valence-electron chi connectivity index (χ0n) is 8.56. The van der Waals surface area contributed by atoms with Crippen molar-refractivity contribution in [1.29, 1.82) is 0 Å². The molecule has 0 bridgehead atoms. The molecule has 1 fully saturated rings. The maximum atomic E-state index is 11.0. The topological polar surface area (TPSA) is 70.1 Å². The number of aromatic nitrogens is 2. The largest absolute Gasteiger partial charge is 0.393 e. The van der Waals surface area contributed by atoms with E-state index in [2.05, 4.69) is 4.98 Å². The predicted molar refractivity (Wildman–Crippen MR) is 56.5 cm³/mol. The molecule has 1 aliphatic heterocycles. The van der Waals surface area contributed by atoms with Crippen molar-refractivity contribution in [2.24, 2.45) is 5.92 Å². The number of hydrogen-bond acceptors (Lipinski definition) is 4. The lowest BCUT2D eigenvalue weighted by atomic mass is 10.0. The van der Waals surface area contributed by atoms with Crippen LogP contribution < -0.4 is 11.3 Å². The third-order valence-electron chi connectivity index (χ3n) is 2.60. The Kier molecular flexibility index (Phi) is 3.01. The fourth-order valence-corrected chi connectivity index (χ4v) is 1.82. The molecule has 0 radical (unpaired) electrons. The van der Waals surface area contributed by atoms with Crippen molar-refractivity contribution in [1.82, 2.24) is 9.55 Å². The Morgan fingerprint density at radius 2 is 2.53 bits per heavy atom. The van der Waals surface area contributed by atoms with Gasteiger partial charge in [-0.15, -0.1) is 0 Å². The first kappa shape index (κ1) is 10.2. The minimum Gasteiger partial charge on any atom is -0.393 e. The SMILES string of the molecule is Nc1cn(CC2CCCOC2)cnc1=O. The summed E-state index contributed by atoms with van der Waals surface area (Å²) in [5.74, 6) is 0.502. The van der Waals surface area contributed by atoms with Crippen molar-refractivity contribution >= 4 is 5.69 Å². The van der Waals surface area contributed by atoms with Gasteiger partial charge in [-0.25, -0.2) is 0 Å². The molecule has 5 nitrogen and oxygen atoms in total. The van der Waals surface area contributed by atoms with Gasteiger partial charge in [-0.2, -0.15) is 4.98 Å². The predicted octanol–water partition coefficient (Wildman–Crippen LogP) is 0.252. The van der Waals surface area contributed by atoms with Gasteiger partial charge in [-0.05, 0) is 12.8 Å². The first-order chi connectivity index (χ1) is 7.25. The van der Waals surface area contributed by atoms with Crippen molar-refractivity contribution in [2.45, 2.75) is 19.4 Å². The van der Waals surface area contributed by atoms with Gasteiger partial charge in [0, 0.05) is 25.3 Å². The van der Waals surface area contributed by atoms with Crippen LogP contribution in [0.5, 0.6) is 0 Å². The molecule has 1 unspecified atom stereocenters. The van der Waals surface area contributed by atoms with E-state index in [-0.39, 0.29) is 11.2 Å². The van der Waals surface area contributed by atoms with Crippen LogP contribution in [0.2, 0.25) is 0 Å². The van der Waals surface area contributed by atoms with Crippen LogP contribution in [-0.4, -0.2) is 22.8 Å². The summed E-state index contributed by atoms with van der Waals surface area (Å²) in [4.78, 5) is 14.7. The second kappa shape index (κ2) is 4.44. The van der Waals surface area contributed by atoms with Gasteiger partial charge in [0.1, 0.15) is 5.69 Å². The third-order valence-corrected chi connectivity index (χ3v) is 2.60. The second-order valence-electron chi connectivity index (χ2n) is 3.91. The number of nitrogens with two attached hydrogens (primary N) is 1. The Hall–Kier alpha value is -1.36. The van der Waals surface area contributed by atoms with Crippen molar-refractivity contribution in [3.05, 3.63) is 22.9 Å². The highest BCUT2D eigenvalue weighted by Crippen LogP contribution is 2.15. The summed E-state index contributed by atoms with van der Waals surface area (Å²) in [7, 11) is 0. The lowest BCUT2D eigenvalue weighted by Crippen LogP contribution is -2.23. The second-order valence-corrected chi connectivity index (χ2v) is 3.91. The van der Waals surface area contributed by atoms with E-state index in [4.69, 9.17) is 10.5 Å². The number of rotatable bonds is 2. The molecule has 1 saturated heterocycles. The van der Waals surface area contributed by atoms with Gasteiger partial charge in [0.15, 0.2) is 0 Å².